The van der Waals surface area contributed by atoms with Crippen LogP contribution in [0.15, 0.2) is 155 Å². The highest BCUT2D eigenvalue weighted by atomic mass is 32.2. The van der Waals surface area contributed by atoms with Crippen molar-refractivity contribution in [2.24, 2.45) is 0 Å². The van der Waals surface area contributed by atoms with Crippen LogP contribution < -0.4 is 4.90 Å². The summed E-state index contributed by atoms with van der Waals surface area (Å²) in [5.74, 6) is -4.20. The molecule has 0 spiro atoms. The lowest BCUT2D eigenvalue weighted by atomic mass is 9.79. The summed E-state index contributed by atoms with van der Waals surface area (Å²) in [6.07, 6.45) is 13.0. The van der Waals surface area contributed by atoms with Gasteiger partial charge in [-0.05, 0) is 133 Å². The molecule has 4 heterocycles. The lowest BCUT2D eigenvalue weighted by molar-refractivity contribution is -0.438. The number of hydroxylamine groups is 4. The van der Waals surface area contributed by atoms with E-state index in [1.165, 1.54) is 48.5 Å². The molecule has 18 nitrogen and oxygen atoms in total. The van der Waals surface area contributed by atoms with Gasteiger partial charge in [0.1, 0.15) is 16.7 Å². The summed E-state index contributed by atoms with van der Waals surface area (Å²) in [5, 5.41) is 3.81. The van der Waals surface area contributed by atoms with Gasteiger partial charge in [-0.2, -0.15) is 13.0 Å². The number of carbonyl (C=O) groups excluding carboxylic acids is 6. The van der Waals surface area contributed by atoms with Gasteiger partial charge in [-0.3, -0.25) is 23.7 Å². The lowest BCUT2D eigenvalue weighted by Gasteiger charge is -2.27. The summed E-state index contributed by atoms with van der Waals surface area (Å²) in [7, 11) is -9.19. The van der Waals surface area contributed by atoms with Crippen molar-refractivity contribution >= 4 is 94.4 Å². The fourth-order valence-corrected chi connectivity index (χ4v) is 12.5. The summed E-state index contributed by atoms with van der Waals surface area (Å²) in [4.78, 5) is 89.0. The van der Waals surface area contributed by atoms with Crippen LogP contribution >= 0.6 is 0 Å². The summed E-state index contributed by atoms with van der Waals surface area (Å²) in [5.41, 5.74) is 4.92. The SMILES string of the molecule is CC1(C)C(/C=C/C=C/C=C2/N(CCCCCC(=O)ON3C(=O)c4ccccc4C3=O)c3ccc4cc(S(=O)(=O)[O-])ccc4c3C2(C)C)=[N+](CCCCCC(=O)ON2C(=O)c3ccccc3C2=O)c2ccc3cc(S(=O)(=O)O)ccc3c21. The first-order valence-corrected chi connectivity index (χ1v) is 29.3. The molecular formula is C61H56N4O14S2. The summed E-state index contributed by atoms with van der Waals surface area (Å²) >= 11 is 0. The number of rotatable bonds is 19. The lowest BCUT2D eigenvalue weighted by Crippen LogP contribution is -2.32. The van der Waals surface area contributed by atoms with Gasteiger partial charge in [-0.25, -0.2) is 18.0 Å². The van der Waals surface area contributed by atoms with Crippen LogP contribution in [0.1, 0.15) is 132 Å². The van der Waals surface area contributed by atoms with Crippen molar-refractivity contribution in [2.75, 3.05) is 18.0 Å². The molecule has 0 aliphatic carbocycles. The van der Waals surface area contributed by atoms with Crippen LogP contribution in [-0.4, -0.2) is 95.0 Å². The monoisotopic (exact) mass is 1130 g/mol. The number of anilines is 1. The van der Waals surface area contributed by atoms with E-state index in [9.17, 15) is 54.7 Å². The average Bonchev–Trinajstić information content (AvgIpc) is 3.66. The van der Waals surface area contributed by atoms with Gasteiger partial charge in [-0.1, -0.05) is 91.1 Å². The number of carbonyl (C=O) groups is 6. The number of nitrogens with zero attached hydrogens (tertiary/aromatic N) is 4. The van der Waals surface area contributed by atoms with E-state index in [4.69, 9.17) is 9.68 Å². The van der Waals surface area contributed by atoms with Crippen LogP contribution in [0, 0.1) is 0 Å². The Kier molecular flexibility index (Phi) is 14.9. The molecule has 0 saturated heterocycles. The molecule has 416 valence electrons. The van der Waals surface area contributed by atoms with Gasteiger partial charge in [0.05, 0.1) is 37.5 Å². The van der Waals surface area contributed by atoms with Crippen molar-refractivity contribution < 1.29 is 69.0 Å². The van der Waals surface area contributed by atoms with Gasteiger partial charge < -0.3 is 19.1 Å². The molecule has 0 unspecified atom stereocenters. The van der Waals surface area contributed by atoms with Crippen LogP contribution in [0.4, 0.5) is 11.4 Å². The third kappa shape index (κ3) is 10.5. The van der Waals surface area contributed by atoms with E-state index in [1.807, 2.05) is 48.6 Å². The molecule has 0 saturated carbocycles. The zero-order valence-corrected chi connectivity index (χ0v) is 46.3. The molecule has 0 atom stereocenters. The molecule has 0 aromatic heterocycles. The molecule has 4 amide bonds. The van der Waals surface area contributed by atoms with E-state index in [0.29, 0.717) is 72.5 Å². The third-order valence-electron chi connectivity index (χ3n) is 15.4. The van der Waals surface area contributed by atoms with E-state index < -0.39 is 66.6 Å². The van der Waals surface area contributed by atoms with Gasteiger partial charge in [-0.15, -0.1) is 0 Å². The molecule has 0 fully saturated rings. The Balaban J connectivity index is 0.877. The van der Waals surface area contributed by atoms with Crippen molar-refractivity contribution in [3.05, 3.63) is 179 Å². The molecular weight excluding hydrogens is 1080 g/mol. The second-order valence-corrected chi connectivity index (χ2v) is 24.1. The molecule has 4 aliphatic rings. The Morgan fingerprint density at radius 1 is 0.593 bits per heavy atom. The predicted molar refractivity (Wildman–Crippen MR) is 298 cm³/mol. The minimum Gasteiger partial charge on any atom is -0.744 e. The number of allylic oxidation sites excluding steroid dienone is 6. The Bertz CT molecular complexity index is 3990. The summed E-state index contributed by atoms with van der Waals surface area (Å²) in [6, 6.07) is 28.8. The predicted octanol–water partition coefficient (Wildman–Crippen LogP) is 9.94. The number of hydrogen-bond acceptors (Lipinski definition) is 14. The normalized spacial score (nSPS) is 16.9. The number of benzene rings is 6. The number of hydrogen-bond donors (Lipinski definition) is 1. The quantitative estimate of drug-likeness (QED) is 0.0261. The van der Waals surface area contributed by atoms with Gasteiger partial charge >= 0.3 is 11.9 Å². The van der Waals surface area contributed by atoms with Crippen molar-refractivity contribution in [1.29, 1.82) is 0 Å². The first-order chi connectivity index (χ1) is 38.5. The molecule has 6 aromatic rings. The van der Waals surface area contributed by atoms with Crippen LogP contribution in [-0.2, 0) is 50.3 Å². The van der Waals surface area contributed by atoms with E-state index in [1.54, 1.807) is 42.5 Å². The fraction of sp³-hybridized carbons (Fsp3) is 0.262. The van der Waals surface area contributed by atoms with Crippen LogP contribution in [0.3, 0.4) is 0 Å². The van der Waals surface area contributed by atoms with Crippen LogP contribution in [0.5, 0.6) is 0 Å². The van der Waals surface area contributed by atoms with E-state index in [0.717, 1.165) is 44.7 Å². The third-order valence-corrected chi connectivity index (χ3v) is 17.1. The van der Waals surface area contributed by atoms with Crippen molar-refractivity contribution in [3.8, 4) is 0 Å². The molecule has 6 aromatic carbocycles. The summed E-state index contributed by atoms with van der Waals surface area (Å²) < 4.78 is 72.5. The molecule has 1 N–H and O–H groups in total. The number of imide groups is 2. The van der Waals surface area contributed by atoms with Crippen LogP contribution in [0.2, 0.25) is 0 Å². The van der Waals surface area contributed by atoms with E-state index in [2.05, 4.69) is 37.2 Å². The number of unbranched alkanes of at least 4 members (excludes halogenated alkanes) is 4. The standard InChI is InChI=1S/C61H56N4O14S2/c1-60(2)50(62(48-32-26-38-36-40(80(72,73)74)28-30-42(38)54(48)60)34-16-6-10-24-52(66)78-64-56(68)44-18-12-13-19-45(44)57(64)69)22-8-5-9-23-51-61(3,4)55-43-31-29-41(81(75,76)77)37-39(43)27-33-49(55)63(51)35-17-7-11-25-53(67)79-65-58(70)46-20-14-15-21-47(46)59(65)71/h5,8-9,12-15,18-23,26-33,36-37H,6-7,10-11,16-17,24-25,34-35H2,1-4H3,(H-,72,73,74,75,76,77). The maximum Gasteiger partial charge on any atom is 0.333 e. The Morgan fingerprint density at radius 2 is 1.10 bits per heavy atom. The van der Waals surface area contributed by atoms with Crippen molar-refractivity contribution in [1.82, 2.24) is 10.1 Å². The van der Waals surface area contributed by atoms with E-state index >= 15 is 0 Å². The molecule has 0 radical (unpaired) electrons. The Labute approximate surface area is 467 Å². The Morgan fingerprint density at radius 3 is 1.64 bits per heavy atom. The maximum absolute atomic E-state index is 12.9. The van der Waals surface area contributed by atoms with Gasteiger partial charge in [0.25, 0.3) is 33.7 Å². The van der Waals surface area contributed by atoms with Gasteiger partial charge in [0, 0.05) is 60.3 Å². The molecule has 20 heteroatoms. The number of fused-ring (bicyclic) bond motifs is 8. The molecule has 0 bridgehead atoms. The largest absolute Gasteiger partial charge is 0.744 e. The van der Waals surface area contributed by atoms with Crippen LogP contribution in [0.25, 0.3) is 21.5 Å². The molecule has 81 heavy (non-hydrogen) atoms. The van der Waals surface area contributed by atoms with E-state index in [-0.39, 0.29) is 44.9 Å². The van der Waals surface area contributed by atoms with Gasteiger partial charge in [0.2, 0.25) is 5.69 Å². The Hall–Kier alpha value is -8.43. The van der Waals surface area contributed by atoms with Gasteiger partial charge in [0.15, 0.2) is 5.71 Å². The van der Waals surface area contributed by atoms with Crippen molar-refractivity contribution in [2.45, 2.75) is 99.7 Å². The maximum atomic E-state index is 12.9. The topological polar surface area (TPSA) is 245 Å². The number of amides is 4. The smallest absolute Gasteiger partial charge is 0.333 e. The minimum atomic E-state index is -4.72. The second-order valence-electron chi connectivity index (χ2n) is 21.3. The fourth-order valence-electron chi connectivity index (χ4n) is 11.5. The highest BCUT2D eigenvalue weighted by Gasteiger charge is 2.46. The highest BCUT2D eigenvalue weighted by Crippen LogP contribution is 2.51. The first kappa shape index (κ1) is 55.9. The molecule has 4 aliphatic heterocycles. The zero-order valence-electron chi connectivity index (χ0n) is 44.7. The summed E-state index contributed by atoms with van der Waals surface area (Å²) in [6.45, 7) is 9.34. The zero-order chi connectivity index (χ0) is 57.8. The highest BCUT2D eigenvalue weighted by molar-refractivity contribution is 7.86. The first-order valence-electron chi connectivity index (χ1n) is 26.4. The second kappa shape index (κ2) is 21.6. The average molecular weight is 1130 g/mol. The molecule has 10 rings (SSSR count). The van der Waals surface area contributed by atoms with Crippen molar-refractivity contribution in [3.63, 3.8) is 0 Å². The minimum absolute atomic E-state index is 0.0327.